The maximum Gasteiger partial charge on any atom is 0.224 e. The minimum Gasteiger partial charge on any atom is -0.497 e. The summed E-state index contributed by atoms with van der Waals surface area (Å²) in [5.74, 6) is 1.08. The molecule has 1 aliphatic heterocycles. The van der Waals surface area contributed by atoms with Gasteiger partial charge < -0.3 is 15.0 Å². The number of benzene rings is 1. The second kappa shape index (κ2) is 7.29. The van der Waals surface area contributed by atoms with Crippen molar-refractivity contribution in [1.29, 1.82) is 0 Å². The second-order valence-corrected chi connectivity index (χ2v) is 5.25. The van der Waals surface area contributed by atoms with Gasteiger partial charge in [0.05, 0.1) is 7.11 Å². The van der Waals surface area contributed by atoms with Crippen molar-refractivity contribution in [3.63, 3.8) is 0 Å². The lowest BCUT2D eigenvalue weighted by atomic mass is 10.1. The van der Waals surface area contributed by atoms with Gasteiger partial charge in [-0.05, 0) is 44.0 Å². The van der Waals surface area contributed by atoms with Crippen LogP contribution in [0.3, 0.4) is 0 Å². The van der Waals surface area contributed by atoms with Gasteiger partial charge >= 0.3 is 0 Å². The van der Waals surface area contributed by atoms with Crippen LogP contribution in [0.1, 0.15) is 31.7 Å². The number of hydrogen-bond donors (Lipinski definition) is 1. The Morgan fingerprint density at radius 1 is 1.40 bits per heavy atom. The van der Waals surface area contributed by atoms with Gasteiger partial charge in [-0.2, -0.15) is 0 Å². The summed E-state index contributed by atoms with van der Waals surface area (Å²) in [5.41, 5.74) is 1.14. The maximum atomic E-state index is 12.3. The highest BCUT2D eigenvalue weighted by Crippen LogP contribution is 2.15. The first-order valence-electron chi connectivity index (χ1n) is 7.37. The molecule has 1 fully saturated rings. The Bertz CT molecular complexity index is 425. The van der Waals surface area contributed by atoms with Crippen LogP contribution in [-0.4, -0.2) is 37.0 Å². The largest absolute Gasteiger partial charge is 0.497 e. The van der Waals surface area contributed by atoms with Gasteiger partial charge in [-0.15, -0.1) is 0 Å². The molecular formula is C16H24N2O2. The molecule has 1 aliphatic rings. The lowest BCUT2D eigenvalue weighted by Gasteiger charge is -2.23. The van der Waals surface area contributed by atoms with Crippen molar-refractivity contribution in [3.8, 4) is 5.75 Å². The first-order chi connectivity index (χ1) is 9.72. The predicted octanol–water partition coefficient (Wildman–Crippen LogP) is 2.19. The molecule has 1 aromatic carbocycles. The van der Waals surface area contributed by atoms with Crippen LogP contribution in [0.4, 0.5) is 0 Å². The third-order valence-electron chi connectivity index (χ3n) is 3.85. The smallest absolute Gasteiger partial charge is 0.224 e. The van der Waals surface area contributed by atoms with E-state index in [0.29, 0.717) is 19.0 Å². The monoisotopic (exact) mass is 276 g/mol. The zero-order chi connectivity index (χ0) is 14.4. The number of carbonyl (C=O) groups is 1. The Morgan fingerprint density at radius 2 is 2.15 bits per heavy atom. The average Bonchev–Trinajstić information content (AvgIpc) is 2.98. The Labute approximate surface area is 121 Å². The molecule has 110 valence electrons. The van der Waals surface area contributed by atoms with E-state index in [-0.39, 0.29) is 5.91 Å². The number of nitrogens with zero attached hydrogens (tertiary/aromatic N) is 1. The molecule has 0 bridgehead atoms. The first kappa shape index (κ1) is 14.9. The van der Waals surface area contributed by atoms with Crippen LogP contribution >= 0.6 is 0 Å². The van der Waals surface area contributed by atoms with E-state index in [4.69, 9.17) is 4.74 Å². The summed E-state index contributed by atoms with van der Waals surface area (Å²) >= 11 is 0. The molecule has 4 heteroatoms. The molecule has 0 saturated carbocycles. The predicted molar refractivity (Wildman–Crippen MR) is 79.7 cm³/mol. The van der Waals surface area contributed by atoms with E-state index in [2.05, 4.69) is 5.32 Å². The van der Waals surface area contributed by atoms with Crippen LogP contribution < -0.4 is 10.1 Å². The summed E-state index contributed by atoms with van der Waals surface area (Å²) in [7, 11) is 1.66. The Hall–Kier alpha value is -1.55. The van der Waals surface area contributed by atoms with Gasteiger partial charge in [-0.1, -0.05) is 12.1 Å². The standard InChI is InChI=1S/C16H24N2O2/c1-3-18(16(19)11-14-5-4-10-17-14)12-13-6-8-15(20-2)9-7-13/h6-9,14,17H,3-5,10-12H2,1-2H3. The molecule has 2 rings (SSSR count). The normalized spacial score (nSPS) is 18.0. The van der Waals surface area contributed by atoms with Crippen molar-refractivity contribution in [2.45, 2.75) is 38.8 Å². The Morgan fingerprint density at radius 3 is 2.70 bits per heavy atom. The summed E-state index contributed by atoms with van der Waals surface area (Å²) in [6.45, 7) is 4.50. The van der Waals surface area contributed by atoms with Crippen molar-refractivity contribution in [3.05, 3.63) is 29.8 Å². The van der Waals surface area contributed by atoms with E-state index in [1.165, 1.54) is 6.42 Å². The molecular weight excluding hydrogens is 252 g/mol. The zero-order valence-corrected chi connectivity index (χ0v) is 12.4. The highest BCUT2D eigenvalue weighted by atomic mass is 16.5. The van der Waals surface area contributed by atoms with Crippen molar-refractivity contribution < 1.29 is 9.53 Å². The highest BCUT2D eigenvalue weighted by Gasteiger charge is 2.20. The molecule has 0 aliphatic carbocycles. The second-order valence-electron chi connectivity index (χ2n) is 5.25. The Balaban J connectivity index is 1.91. The summed E-state index contributed by atoms with van der Waals surface area (Å²) in [5, 5.41) is 3.38. The molecule has 0 aromatic heterocycles. The molecule has 1 heterocycles. The van der Waals surface area contributed by atoms with Gasteiger partial charge in [0.2, 0.25) is 5.91 Å². The number of hydrogen-bond acceptors (Lipinski definition) is 3. The van der Waals surface area contributed by atoms with Gasteiger partial charge in [-0.25, -0.2) is 0 Å². The van der Waals surface area contributed by atoms with Crippen LogP contribution in [0.5, 0.6) is 5.75 Å². The van der Waals surface area contributed by atoms with Crippen molar-refractivity contribution >= 4 is 5.91 Å². The molecule has 4 nitrogen and oxygen atoms in total. The van der Waals surface area contributed by atoms with Crippen molar-refractivity contribution in [1.82, 2.24) is 10.2 Å². The zero-order valence-electron chi connectivity index (χ0n) is 12.4. The van der Waals surface area contributed by atoms with Crippen LogP contribution in [-0.2, 0) is 11.3 Å². The minimum absolute atomic E-state index is 0.239. The van der Waals surface area contributed by atoms with Crippen molar-refractivity contribution in [2.75, 3.05) is 20.2 Å². The summed E-state index contributed by atoms with van der Waals surface area (Å²) < 4.78 is 5.15. The summed E-state index contributed by atoms with van der Waals surface area (Å²) in [6, 6.07) is 8.27. The quantitative estimate of drug-likeness (QED) is 0.866. The summed E-state index contributed by atoms with van der Waals surface area (Å²) in [6.07, 6.45) is 2.92. The SMILES string of the molecule is CCN(Cc1ccc(OC)cc1)C(=O)CC1CCCN1. The number of rotatable bonds is 6. The van der Waals surface area contributed by atoms with E-state index < -0.39 is 0 Å². The van der Waals surface area contributed by atoms with Gasteiger partial charge in [-0.3, -0.25) is 4.79 Å². The molecule has 0 spiro atoms. The van der Waals surface area contributed by atoms with Crippen LogP contribution in [0.25, 0.3) is 0 Å². The van der Waals surface area contributed by atoms with Crippen molar-refractivity contribution in [2.24, 2.45) is 0 Å². The average molecular weight is 276 g/mol. The third kappa shape index (κ3) is 3.97. The van der Waals surface area contributed by atoms with Gasteiger partial charge in [0.1, 0.15) is 5.75 Å². The molecule has 1 aromatic rings. The topological polar surface area (TPSA) is 41.6 Å². The van der Waals surface area contributed by atoms with E-state index in [0.717, 1.165) is 30.8 Å². The number of carbonyl (C=O) groups excluding carboxylic acids is 1. The van der Waals surface area contributed by atoms with Gasteiger partial charge in [0.25, 0.3) is 0 Å². The highest BCUT2D eigenvalue weighted by molar-refractivity contribution is 5.76. The molecule has 1 N–H and O–H groups in total. The number of nitrogens with one attached hydrogen (secondary N) is 1. The lowest BCUT2D eigenvalue weighted by Crippen LogP contribution is -2.35. The number of methoxy groups -OCH3 is 1. The lowest BCUT2D eigenvalue weighted by molar-refractivity contribution is -0.132. The fourth-order valence-corrected chi connectivity index (χ4v) is 2.60. The van der Waals surface area contributed by atoms with Crippen LogP contribution in [0, 0.1) is 0 Å². The number of amides is 1. The fourth-order valence-electron chi connectivity index (χ4n) is 2.60. The molecule has 1 amide bonds. The number of ether oxygens (including phenoxy) is 1. The minimum atomic E-state index is 0.239. The van der Waals surface area contributed by atoms with Gasteiger partial charge in [0.15, 0.2) is 0 Å². The van der Waals surface area contributed by atoms with E-state index >= 15 is 0 Å². The van der Waals surface area contributed by atoms with E-state index in [1.54, 1.807) is 7.11 Å². The summed E-state index contributed by atoms with van der Waals surface area (Å²) in [4.78, 5) is 14.2. The maximum absolute atomic E-state index is 12.3. The van der Waals surface area contributed by atoms with Gasteiger partial charge in [0, 0.05) is 25.6 Å². The molecule has 1 unspecified atom stereocenters. The molecule has 1 saturated heterocycles. The van der Waals surface area contributed by atoms with E-state index in [9.17, 15) is 4.79 Å². The van der Waals surface area contributed by atoms with E-state index in [1.807, 2.05) is 36.1 Å². The fraction of sp³-hybridized carbons (Fsp3) is 0.562. The molecule has 0 radical (unpaired) electrons. The molecule has 20 heavy (non-hydrogen) atoms. The Kier molecular flexibility index (Phi) is 5.41. The molecule has 1 atom stereocenters. The van der Waals surface area contributed by atoms with Crippen LogP contribution in [0.2, 0.25) is 0 Å². The third-order valence-corrected chi connectivity index (χ3v) is 3.85. The first-order valence-corrected chi connectivity index (χ1v) is 7.37. The van der Waals surface area contributed by atoms with Crippen LogP contribution in [0.15, 0.2) is 24.3 Å².